The summed E-state index contributed by atoms with van der Waals surface area (Å²) < 4.78 is 6.72. The lowest BCUT2D eigenvalue weighted by Gasteiger charge is -2.17. The van der Waals surface area contributed by atoms with E-state index >= 15 is 0 Å². The molecule has 1 atom stereocenters. The maximum atomic E-state index is 12.2. The fraction of sp³-hybridized carbons (Fsp3) is 0.250. The predicted octanol–water partition coefficient (Wildman–Crippen LogP) is 3.46. The molecular formula is C24H26N4O3. The molecule has 0 unspecified atom stereocenters. The first-order valence-corrected chi connectivity index (χ1v) is 10.2. The Balaban J connectivity index is 1.45. The van der Waals surface area contributed by atoms with Crippen molar-refractivity contribution in [3.63, 3.8) is 0 Å². The van der Waals surface area contributed by atoms with E-state index in [1.165, 1.54) is 12.2 Å². The van der Waals surface area contributed by atoms with Crippen molar-refractivity contribution in [2.24, 2.45) is 0 Å². The Morgan fingerprint density at radius 2 is 1.87 bits per heavy atom. The number of nitrogens with zero attached hydrogens (tertiary/aromatic N) is 3. The minimum Gasteiger partial charge on any atom is -0.452 e. The van der Waals surface area contributed by atoms with Gasteiger partial charge in [0, 0.05) is 6.08 Å². The lowest BCUT2D eigenvalue weighted by Crippen LogP contribution is -2.32. The van der Waals surface area contributed by atoms with E-state index in [4.69, 9.17) is 4.74 Å². The Bertz CT molecular complexity index is 1030. The number of aryl methyl sites for hydroxylation is 1. The average molecular weight is 418 g/mol. The van der Waals surface area contributed by atoms with E-state index in [2.05, 4.69) is 15.6 Å². The van der Waals surface area contributed by atoms with Crippen LogP contribution in [-0.2, 0) is 20.9 Å². The first-order valence-electron chi connectivity index (χ1n) is 10.2. The van der Waals surface area contributed by atoms with Gasteiger partial charge in [0.15, 0.2) is 6.61 Å². The van der Waals surface area contributed by atoms with Gasteiger partial charge in [0.1, 0.15) is 5.69 Å². The highest BCUT2D eigenvalue weighted by Crippen LogP contribution is 2.17. The molecule has 1 aromatic heterocycles. The summed E-state index contributed by atoms with van der Waals surface area (Å²) in [6, 6.07) is 17.7. The fourth-order valence-electron chi connectivity index (χ4n) is 3.03. The van der Waals surface area contributed by atoms with Crippen LogP contribution in [-0.4, -0.2) is 33.5 Å². The SMILES string of the molecule is CC[C@H](NC(=O)COC(=O)/C=C/c1cn(Cc2ccccc2)nn1)c1ccc(C)cc1. The van der Waals surface area contributed by atoms with Crippen LogP contribution in [0.2, 0.25) is 0 Å². The van der Waals surface area contributed by atoms with Gasteiger partial charge < -0.3 is 10.1 Å². The maximum absolute atomic E-state index is 12.2. The van der Waals surface area contributed by atoms with Crippen LogP contribution in [0.25, 0.3) is 6.08 Å². The Morgan fingerprint density at radius 1 is 1.13 bits per heavy atom. The van der Waals surface area contributed by atoms with E-state index in [0.29, 0.717) is 12.2 Å². The number of hydrogen-bond donors (Lipinski definition) is 1. The summed E-state index contributed by atoms with van der Waals surface area (Å²) in [6.45, 7) is 4.25. The number of esters is 1. The van der Waals surface area contributed by atoms with E-state index in [1.807, 2.05) is 68.4 Å². The van der Waals surface area contributed by atoms with Gasteiger partial charge in [-0.1, -0.05) is 72.3 Å². The zero-order valence-corrected chi connectivity index (χ0v) is 17.7. The van der Waals surface area contributed by atoms with Gasteiger partial charge >= 0.3 is 5.97 Å². The molecule has 1 heterocycles. The molecule has 7 nitrogen and oxygen atoms in total. The maximum Gasteiger partial charge on any atom is 0.331 e. The number of ether oxygens (including phenoxy) is 1. The van der Waals surface area contributed by atoms with Gasteiger partial charge in [0.2, 0.25) is 0 Å². The number of carbonyl (C=O) groups is 2. The highest BCUT2D eigenvalue weighted by atomic mass is 16.5. The average Bonchev–Trinajstić information content (AvgIpc) is 3.23. The standard InChI is InChI=1S/C24H26N4O3/c1-3-22(20-11-9-18(2)10-12-20)25-23(29)17-31-24(30)14-13-21-16-28(27-26-21)15-19-7-5-4-6-8-19/h4-14,16,22H,3,15,17H2,1-2H3,(H,25,29)/b14-13+/t22-/m0/s1. The van der Waals surface area contributed by atoms with Crippen LogP contribution in [0.4, 0.5) is 0 Å². The Morgan fingerprint density at radius 3 is 2.58 bits per heavy atom. The molecule has 3 rings (SSSR count). The molecule has 3 aromatic rings. The Kier molecular flexibility index (Phi) is 7.70. The van der Waals surface area contributed by atoms with Crippen LogP contribution < -0.4 is 5.32 Å². The minimum absolute atomic E-state index is 0.123. The van der Waals surface area contributed by atoms with E-state index in [9.17, 15) is 9.59 Å². The molecule has 0 radical (unpaired) electrons. The van der Waals surface area contributed by atoms with Crippen molar-refractivity contribution in [1.82, 2.24) is 20.3 Å². The predicted molar refractivity (Wildman–Crippen MR) is 118 cm³/mol. The Hall–Kier alpha value is -3.74. The van der Waals surface area contributed by atoms with Crippen molar-refractivity contribution in [2.45, 2.75) is 32.9 Å². The zero-order valence-electron chi connectivity index (χ0n) is 17.7. The number of hydrogen-bond acceptors (Lipinski definition) is 5. The summed E-state index contributed by atoms with van der Waals surface area (Å²) in [5, 5.41) is 10.9. The molecule has 0 saturated heterocycles. The first kappa shape index (κ1) is 22.0. The van der Waals surface area contributed by atoms with Crippen LogP contribution in [0.5, 0.6) is 0 Å². The second-order valence-corrected chi connectivity index (χ2v) is 7.21. The topological polar surface area (TPSA) is 86.1 Å². The number of carbonyl (C=O) groups excluding carboxylic acids is 2. The number of nitrogens with one attached hydrogen (secondary N) is 1. The van der Waals surface area contributed by atoms with Gasteiger partial charge in [0.25, 0.3) is 5.91 Å². The second kappa shape index (κ2) is 10.9. The third kappa shape index (κ3) is 6.92. The molecular weight excluding hydrogens is 392 g/mol. The van der Waals surface area contributed by atoms with Crippen molar-refractivity contribution >= 4 is 18.0 Å². The third-order valence-electron chi connectivity index (χ3n) is 4.70. The first-order chi connectivity index (χ1) is 15.0. The summed E-state index contributed by atoms with van der Waals surface area (Å²) in [7, 11) is 0. The molecule has 0 saturated carbocycles. The highest BCUT2D eigenvalue weighted by molar-refractivity contribution is 5.89. The molecule has 31 heavy (non-hydrogen) atoms. The molecule has 1 N–H and O–H groups in total. The lowest BCUT2D eigenvalue weighted by atomic mass is 10.0. The molecule has 2 aromatic carbocycles. The number of benzene rings is 2. The number of rotatable bonds is 9. The molecule has 7 heteroatoms. The minimum atomic E-state index is -0.615. The van der Waals surface area contributed by atoms with Gasteiger partial charge in [0.05, 0.1) is 18.8 Å². The van der Waals surface area contributed by atoms with Crippen molar-refractivity contribution < 1.29 is 14.3 Å². The van der Waals surface area contributed by atoms with Crippen molar-refractivity contribution in [3.05, 3.63) is 89.3 Å². The second-order valence-electron chi connectivity index (χ2n) is 7.21. The van der Waals surface area contributed by atoms with Gasteiger partial charge in [-0.3, -0.25) is 4.79 Å². The van der Waals surface area contributed by atoms with Gasteiger partial charge in [-0.2, -0.15) is 0 Å². The smallest absolute Gasteiger partial charge is 0.331 e. The van der Waals surface area contributed by atoms with Crippen LogP contribution >= 0.6 is 0 Å². The van der Waals surface area contributed by atoms with Gasteiger partial charge in [-0.15, -0.1) is 5.10 Å². The zero-order chi connectivity index (χ0) is 22.1. The summed E-state index contributed by atoms with van der Waals surface area (Å²) in [6.07, 6.45) is 5.22. The molecule has 0 fully saturated rings. The number of aromatic nitrogens is 3. The highest BCUT2D eigenvalue weighted by Gasteiger charge is 2.13. The van der Waals surface area contributed by atoms with E-state index in [1.54, 1.807) is 10.9 Å². The van der Waals surface area contributed by atoms with Gasteiger partial charge in [-0.05, 0) is 30.5 Å². The van der Waals surface area contributed by atoms with Crippen LogP contribution in [0.15, 0.2) is 66.9 Å². The molecule has 0 bridgehead atoms. The molecule has 0 aliphatic carbocycles. The third-order valence-corrected chi connectivity index (χ3v) is 4.70. The van der Waals surface area contributed by atoms with Crippen LogP contribution in [0, 0.1) is 6.92 Å². The number of amides is 1. The van der Waals surface area contributed by atoms with Gasteiger partial charge in [-0.25, -0.2) is 9.48 Å². The normalized spacial score (nSPS) is 11.9. The van der Waals surface area contributed by atoms with E-state index in [-0.39, 0.29) is 18.6 Å². The summed E-state index contributed by atoms with van der Waals surface area (Å²) in [5.74, 6) is -0.959. The summed E-state index contributed by atoms with van der Waals surface area (Å²) >= 11 is 0. The van der Waals surface area contributed by atoms with Crippen molar-refractivity contribution in [3.8, 4) is 0 Å². The molecule has 0 aliphatic heterocycles. The lowest BCUT2D eigenvalue weighted by molar-refractivity contribution is -0.144. The molecule has 160 valence electrons. The summed E-state index contributed by atoms with van der Waals surface area (Å²) in [5.41, 5.74) is 3.81. The van der Waals surface area contributed by atoms with Crippen molar-refractivity contribution in [2.75, 3.05) is 6.61 Å². The van der Waals surface area contributed by atoms with E-state index < -0.39 is 5.97 Å². The van der Waals surface area contributed by atoms with Crippen LogP contribution in [0.1, 0.15) is 41.8 Å². The fourth-order valence-corrected chi connectivity index (χ4v) is 3.03. The quantitative estimate of drug-likeness (QED) is 0.425. The van der Waals surface area contributed by atoms with Crippen LogP contribution in [0.3, 0.4) is 0 Å². The largest absolute Gasteiger partial charge is 0.452 e. The molecule has 0 spiro atoms. The summed E-state index contributed by atoms with van der Waals surface area (Å²) in [4.78, 5) is 24.1. The Labute approximate surface area is 181 Å². The van der Waals surface area contributed by atoms with E-state index in [0.717, 1.165) is 23.1 Å². The molecule has 0 aliphatic rings. The monoisotopic (exact) mass is 418 g/mol. The molecule has 1 amide bonds. The van der Waals surface area contributed by atoms with Crippen molar-refractivity contribution in [1.29, 1.82) is 0 Å².